The largest absolute Gasteiger partial charge is 0.497 e. The lowest BCUT2D eigenvalue weighted by Crippen LogP contribution is -2.42. The maximum atomic E-state index is 12.1. The highest BCUT2D eigenvalue weighted by atomic mass is 16.5. The Morgan fingerprint density at radius 2 is 2.26 bits per heavy atom. The van der Waals surface area contributed by atoms with Crippen molar-refractivity contribution in [3.63, 3.8) is 0 Å². The third kappa shape index (κ3) is 3.38. The number of carbonyl (C=O) groups is 1. The van der Waals surface area contributed by atoms with Crippen LogP contribution in [0.1, 0.15) is 12.8 Å². The van der Waals surface area contributed by atoms with Gasteiger partial charge in [-0.3, -0.25) is 4.79 Å². The van der Waals surface area contributed by atoms with Crippen LogP contribution in [0.25, 0.3) is 0 Å². The molecule has 0 aliphatic carbocycles. The van der Waals surface area contributed by atoms with Crippen molar-refractivity contribution >= 4 is 5.91 Å². The summed E-state index contributed by atoms with van der Waals surface area (Å²) in [7, 11) is 1.60. The van der Waals surface area contributed by atoms with Crippen molar-refractivity contribution in [3.05, 3.63) is 24.3 Å². The highest BCUT2D eigenvalue weighted by Crippen LogP contribution is 2.20. The zero-order valence-corrected chi connectivity index (χ0v) is 11.2. The van der Waals surface area contributed by atoms with Crippen molar-refractivity contribution in [1.29, 1.82) is 0 Å². The van der Waals surface area contributed by atoms with E-state index in [1.165, 1.54) is 0 Å². The van der Waals surface area contributed by atoms with Crippen LogP contribution in [0.3, 0.4) is 0 Å². The number of rotatable bonds is 5. The summed E-state index contributed by atoms with van der Waals surface area (Å²) in [6, 6.07) is 7.40. The van der Waals surface area contributed by atoms with Crippen LogP contribution >= 0.6 is 0 Å². The maximum absolute atomic E-state index is 12.1. The molecule has 0 bridgehead atoms. The molecule has 1 aliphatic heterocycles. The first-order chi connectivity index (χ1) is 9.24. The van der Waals surface area contributed by atoms with Gasteiger partial charge in [-0.2, -0.15) is 0 Å². The highest BCUT2D eigenvalue weighted by Gasteiger charge is 2.27. The van der Waals surface area contributed by atoms with Gasteiger partial charge in [0.15, 0.2) is 6.61 Å². The smallest absolute Gasteiger partial charge is 0.260 e. The second kappa shape index (κ2) is 6.43. The van der Waals surface area contributed by atoms with Gasteiger partial charge < -0.3 is 20.1 Å². The van der Waals surface area contributed by atoms with Crippen molar-refractivity contribution in [2.75, 3.05) is 26.8 Å². The number of likely N-dealkylation sites (tertiary alicyclic amines) is 1. The molecule has 1 fully saturated rings. The molecule has 0 spiro atoms. The lowest BCUT2D eigenvalue weighted by Gasteiger charge is -2.23. The Morgan fingerprint density at radius 1 is 1.47 bits per heavy atom. The first-order valence-electron chi connectivity index (χ1n) is 6.51. The summed E-state index contributed by atoms with van der Waals surface area (Å²) in [6.45, 7) is 1.34. The minimum absolute atomic E-state index is 0.00392. The van der Waals surface area contributed by atoms with E-state index in [9.17, 15) is 4.79 Å². The summed E-state index contributed by atoms with van der Waals surface area (Å²) in [4.78, 5) is 13.9. The Kier molecular flexibility index (Phi) is 4.63. The van der Waals surface area contributed by atoms with Crippen LogP contribution in [-0.2, 0) is 4.79 Å². The van der Waals surface area contributed by atoms with Gasteiger partial charge in [-0.05, 0) is 25.0 Å². The number of methoxy groups -OCH3 is 1. The average molecular weight is 264 g/mol. The Morgan fingerprint density at radius 3 is 3.00 bits per heavy atom. The minimum atomic E-state index is -0.00392. The van der Waals surface area contributed by atoms with Crippen molar-refractivity contribution in [3.8, 4) is 11.5 Å². The van der Waals surface area contributed by atoms with E-state index in [0.29, 0.717) is 18.0 Å². The summed E-state index contributed by atoms with van der Waals surface area (Å²) in [5.74, 6) is 1.35. The van der Waals surface area contributed by atoms with Crippen LogP contribution in [0, 0.1) is 0 Å². The number of hydrogen-bond acceptors (Lipinski definition) is 4. The van der Waals surface area contributed by atoms with Crippen LogP contribution in [-0.4, -0.2) is 43.7 Å². The summed E-state index contributed by atoms with van der Waals surface area (Å²) < 4.78 is 10.6. The van der Waals surface area contributed by atoms with E-state index in [0.717, 1.165) is 19.4 Å². The molecule has 0 aromatic heterocycles. The highest BCUT2D eigenvalue weighted by molar-refractivity contribution is 5.78. The Hall–Kier alpha value is -1.75. The van der Waals surface area contributed by atoms with E-state index < -0.39 is 0 Å². The third-order valence-electron chi connectivity index (χ3n) is 3.37. The molecule has 1 saturated heterocycles. The number of amides is 1. The van der Waals surface area contributed by atoms with E-state index in [1.807, 2.05) is 17.0 Å². The molecule has 1 aromatic rings. The second-order valence-corrected chi connectivity index (χ2v) is 4.59. The molecule has 1 atom stereocenters. The standard InChI is InChI=1S/C14H20N2O3/c1-18-12-5-2-6-13(8-12)19-10-14(17)16-7-3-4-11(16)9-15/h2,5-6,8,11H,3-4,7,9-10,15H2,1H3/t11-/m0/s1. The molecule has 0 unspecified atom stereocenters. The topological polar surface area (TPSA) is 64.8 Å². The molecular weight excluding hydrogens is 244 g/mol. The summed E-state index contributed by atoms with van der Waals surface area (Å²) in [5, 5.41) is 0. The lowest BCUT2D eigenvalue weighted by molar-refractivity contribution is -0.134. The van der Waals surface area contributed by atoms with Gasteiger partial charge in [0.25, 0.3) is 5.91 Å². The summed E-state index contributed by atoms with van der Waals surface area (Å²) >= 11 is 0. The van der Waals surface area contributed by atoms with E-state index in [2.05, 4.69) is 0 Å². The Bertz CT molecular complexity index is 436. The third-order valence-corrected chi connectivity index (χ3v) is 3.37. The Labute approximate surface area is 113 Å². The fourth-order valence-electron chi connectivity index (χ4n) is 2.33. The van der Waals surface area contributed by atoms with Gasteiger partial charge in [0.1, 0.15) is 11.5 Å². The van der Waals surface area contributed by atoms with Gasteiger partial charge in [0, 0.05) is 25.2 Å². The van der Waals surface area contributed by atoms with E-state index in [1.54, 1.807) is 19.2 Å². The molecule has 1 amide bonds. The molecule has 2 N–H and O–H groups in total. The van der Waals surface area contributed by atoms with Gasteiger partial charge in [-0.15, -0.1) is 0 Å². The molecule has 2 rings (SSSR count). The molecule has 104 valence electrons. The molecule has 1 heterocycles. The average Bonchev–Trinajstić information content (AvgIpc) is 2.93. The van der Waals surface area contributed by atoms with Crippen LogP contribution in [0.4, 0.5) is 0 Å². The summed E-state index contributed by atoms with van der Waals surface area (Å²) in [6.07, 6.45) is 2.01. The number of nitrogens with zero attached hydrogens (tertiary/aromatic N) is 1. The van der Waals surface area contributed by atoms with E-state index in [4.69, 9.17) is 15.2 Å². The zero-order chi connectivity index (χ0) is 13.7. The number of hydrogen-bond donors (Lipinski definition) is 1. The van der Waals surface area contributed by atoms with Crippen molar-refractivity contribution in [2.24, 2.45) is 5.73 Å². The lowest BCUT2D eigenvalue weighted by atomic mass is 10.2. The van der Waals surface area contributed by atoms with Crippen LogP contribution in [0.5, 0.6) is 11.5 Å². The Balaban J connectivity index is 1.89. The molecule has 0 radical (unpaired) electrons. The van der Waals surface area contributed by atoms with Crippen LogP contribution in [0.2, 0.25) is 0 Å². The molecule has 19 heavy (non-hydrogen) atoms. The van der Waals surface area contributed by atoms with Gasteiger partial charge in [0.05, 0.1) is 7.11 Å². The number of benzene rings is 1. The van der Waals surface area contributed by atoms with Gasteiger partial charge >= 0.3 is 0 Å². The minimum Gasteiger partial charge on any atom is -0.497 e. The van der Waals surface area contributed by atoms with Gasteiger partial charge in [0.2, 0.25) is 0 Å². The molecular formula is C14H20N2O3. The van der Waals surface area contributed by atoms with Crippen LogP contribution < -0.4 is 15.2 Å². The van der Waals surface area contributed by atoms with Crippen molar-refractivity contribution in [1.82, 2.24) is 4.90 Å². The quantitative estimate of drug-likeness (QED) is 0.862. The normalized spacial score (nSPS) is 18.4. The van der Waals surface area contributed by atoms with Crippen molar-refractivity contribution < 1.29 is 14.3 Å². The van der Waals surface area contributed by atoms with Gasteiger partial charge in [-0.1, -0.05) is 6.07 Å². The second-order valence-electron chi connectivity index (χ2n) is 4.59. The molecule has 1 aliphatic rings. The monoisotopic (exact) mass is 264 g/mol. The predicted molar refractivity (Wildman–Crippen MR) is 72.3 cm³/mol. The van der Waals surface area contributed by atoms with Crippen LogP contribution in [0.15, 0.2) is 24.3 Å². The van der Waals surface area contributed by atoms with E-state index >= 15 is 0 Å². The number of carbonyl (C=O) groups excluding carboxylic acids is 1. The first-order valence-corrected chi connectivity index (χ1v) is 6.51. The molecule has 5 heteroatoms. The number of ether oxygens (including phenoxy) is 2. The maximum Gasteiger partial charge on any atom is 0.260 e. The van der Waals surface area contributed by atoms with Gasteiger partial charge in [-0.25, -0.2) is 0 Å². The predicted octanol–water partition coefficient (Wildman–Crippen LogP) is 1.02. The zero-order valence-electron chi connectivity index (χ0n) is 11.2. The first kappa shape index (κ1) is 13.7. The fourth-order valence-corrected chi connectivity index (χ4v) is 2.33. The summed E-state index contributed by atoms with van der Waals surface area (Å²) in [5.41, 5.74) is 5.66. The molecule has 5 nitrogen and oxygen atoms in total. The molecule has 0 saturated carbocycles. The number of nitrogens with two attached hydrogens (primary N) is 1. The SMILES string of the molecule is COc1cccc(OCC(=O)N2CCC[C@H]2CN)c1. The van der Waals surface area contributed by atoms with E-state index in [-0.39, 0.29) is 18.6 Å². The fraction of sp³-hybridized carbons (Fsp3) is 0.500. The molecule has 1 aromatic carbocycles. The van der Waals surface area contributed by atoms with Crippen molar-refractivity contribution in [2.45, 2.75) is 18.9 Å².